The Morgan fingerprint density at radius 3 is 2.34 bits per heavy atom. The summed E-state index contributed by atoms with van der Waals surface area (Å²) in [5, 5.41) is 17.4. The van der Waals surface area contributed by atoms with Gasteiger partial charge in [-0.05, 0) is 91.7 Å². The number of benzene rings is 4. The van der Waals surface area contributed by atoms with Gasteiger partial charge < -0.3 is 45.5 Å². The molecule has 1 aliphatic rings. The quantitative estimate of drug-likeness (QED) is 0.0603. The zero-order chi connectivity index (χ0) is 39.7. The summed E-state index contributed by atoms with van der Waals surface area (Å²) in [5.74, 6) is 3.19. The number of methoxy groups -OCH3 is 2. The number of pyridine rings is 1. The molecule has 0 radical (unpaired) electrons. The summed E-state index contributed by atoms with van der Waals surface area (Å²) in [4.78, 5) is 31.0. The topological polar surface area (TPSA) is 147 Å². The van der Waals surface area contributed by atoms with E-state index in [1.54, 1.807) is 44.7 Å². The van der Waals surface area contributed by atoms with Crippen LogP contribution < -0.4 is 45.5 Å². The molecule has 3 amide bonds. The Kier molecular flexibility index (Phi) is 13.1. The number of rotatable bonds is 14. The van der Waals surface area contributed by atoms with E-state index >= 15 is 0 Å². The van der Waals surface area contributed by atoms with Crippen LogP contribution in [0, 0.1) is 5.92 Å². The van der Waals surface area contributed by atoms with Gasteiger partial charge in [0.1, 0.15) is 23.1 Å². The maximum atomic E-state index is 13.5. The maximum Gasteiger partial charge on any atom is 0.323 e. The Bertz CT molecular complexity index is 2170. The largest absolute Gasteiger partial charge is 0.496 e. The second-order valence-electron chi connectivity index (χ2n) is 14.7. The molecule has 1 aromatic heterocycles. The first-order chi connectivity index (χ1) is 27.1. The molecule has 0 bridgehead atoms. The molecule has 6 N–H and O–H groups in total. The number of nitrogens with one attached hydrogen (secondary N) is 6. The van der Waals surface area contributed by atoms with E-state index in [9.17, 15) is 9.59 Å². The van der Waals surface area contributed by atoms with Crippen molar-refractivity contribution in [3.05, 3.63) is 96.2 Å². The van der Waals surface area contributed by atoms with Gasteiger partial charge >= 0.3 is 6.03 Å². The molecule has 1 saturated heterocycles. The molecule has 12 nitrogen and oxygen atoms in total. The van der Waals surface area contributed by atoms with Crippen LogP contribution in [-0.2, 0) is 5.41 Å². The van der Waals surface area contributed by atoms with Crippen LogP contribution in [-0.4, -0.2) is 57.0 Å². The lowest BCUT2D eigenvalue weighted by atomic mass is 9.86. The third-order valence-electron chi connectivity index (χ3n) is 9.73. The number of nitrogens with zero attached hydrogens (tertiary/aromatic N) is 1. The number of aromatic nitrogens is 1. The molecule has 1 fully saturated rings. The number of hydrogen-bond acceptors (Lipinski definition) is 10. The van der Waals surface area contributed by atoms with E-state index < -0.39 is 6.03 Å². The highest BCUT2D eigenvalue weighted by molar-refractivity contribution is 7.99. The lowest BCUT2D eigenvalue weighted by molar-refractivity contribution is 0.0947. The molecule has 0 spiro atoms. The molecule has 0 atom stereocenters. The van der Waals surface area contributed by atoms with Gasteiger partial charge in [-0.3, -0.25) is 4.79 Å². The standard InChI is InChI=1S/C43H51N7O5S/c1-43(2,3)28-23-35(40(54-5)36(24-28)50-56-6)49-42(52)48-34-13-14-37(32-10-8-7-9-31(32)34)55-30-18-22-45-39(26-30)47-29-11-12-33(38(25-29)53-4)41(51)46-21-17-27-15-19-44-20-16-27/h7-14,18,22-27,44,50H,15-17,19-21H2,1-6H3,(H,45,47)(H,46,51)(H2,48,49,52). The Morgan fingerprint density at radius 2 is 1.61 bits per heavy atom. The van der Waals surface area contributed by atoms with E-state index in [0.29, 0.717) is 63.9 Å². The van der Waals surface area contributed by atoms with Crippen LogP contribution >= 0.6 is 11.9 Å². The SMILES string of the molecule is COc1cc(Nc2cc(Oc3ccc(NC(=O)Nc4cc(C(C)(C)C)cc(NSC)c4OC)c4ccccc34)ccn2)ccc1C(=O)NCCC1CCNCC1. The van der Waals surface area contributed by atoms with Crippen LogP contribution in [0.1, 0.15) is 56.0 Å². The fourth-order valence-electron chi connectivity index (χ4n) is 6.74. The zero-order valence-electron chi connectivity index (χ0n) is 32.8. The van der Waals surface area contributed by atoms with Crippen LogP contribution in [0.25, 0.3) is 10.8 Å². The minimum Gasteiger partial charge on any atom is -0.496 e. The molecular formula is C43H51N7O5S. The summed E-state index contributed by atoms with van der Waals surface area (Å²) in [6, 6.07) is 23.9. The first kappa shape index (κ1) is 40.0. The Balaban J connectivity index is 1.14. The minimum atomic E-state index is -0.411. The first-order valence-electron chi connectivity index (χ1n) is 18.8. The first-order valence-corrected chi connectivity index (χ1v) is 20.0. The van der Waals surface area contributed by atoms with Gasteiger partial charge in [-0.1, -0.05) is 57.0 Å². The van der Waals surface area contributed by atoms with Crippen LogP contribution in [0.5, 0.6) is 23.0 Å². The molecule has 13 heteroatoms. The van der Waals surface area contributed by atoms with Crippen molar-refractivity contribution in [1.29, 1.82) is 0 Å². The van der Waals surface area contributed by atoms with Crippen molar-refractivity contribution < 1.29 is 23.8 Å². The number of anilines is 5. The fourth-order valence-corrected chi connectivity index (χ4v) is 7.11. The van der Waals surface area contributed by atoms with Crippen LogP contribution in [0.2, 0.25) is 0 Å². The lowest BCUT2D eigenvalue weighted by Crippen LogP contribution is -2.31. The third kappa shape index (κ3) is 9.95. The summed E-state index contributed by atoms with van der Waals surface area (Å²) < 4.78 is 21.0. The Labute approximate surface area is 333 Å². The van der Waals surface area contributed by atoms with Crippen molar-refractivity contribution in [2.24, 2.45) is 5.92 Å². The highest BCUT2D eigenvalue weighted by Gasteiger charge is 2.22. The number of piperidine rings is 1. The maximum absolute atomic E-state index is 13.5. The second-order valence-corrected chi connectivity index (χ2v) is 15.3. The van der Waals surface area contributed by atoms with Crippen LogP contribution in [0.3, 0.4) is 0 Å². The molecular weight excluding hydrogens is 727 g/mol. The third-order valence-corrected chi connectivity index (χ3v) is 10.2. The lowest BCUT2D eigenvalue weighted by Gasteiger charge is -2.24. The second kappa shape index (κ2) is 18.3. The normalized spacial score (nSPS) is 13.1. The highest BCUT2D eigenvalue weighted by atomic mass is 32.2. The van der Waals surface area contributed by atoms with E-state index in [1.165, 1.54) is 11.9 Å². The molecule has 56 heavy (non-hydrogen) atoms. The average Bonchev–Trinajstić information content (AvgIpc) is 3.19. The molecule has 6 rings (SSSR count). The summed E-state index contributed by atoms with van der Waals surface area (Å²) in [5.41, 5.74) is 4.01. The van der Waals surface area contributed by atoms with Gasteiger partial charge in [-0.2, -0.15) is 0 Å². The van der Waals surface area contributed by atoms with Gasteiger partial charge in [0, 0.05) is 47.6 Å². The molecule has 5 aromatic rings. The summed E-state index contributed by atoms with van der Waals surface area (Å²) in [6.07, 6.45) is 6.84. The van der Waals surface area contributed by atoms with E-state index in [1.807, 2.05) is 60.9 Å². The summed E-state index contributed by atoms with van der Waals surface area (Å²) in [6.45, 7) is 9.08. The van der Waals surface area contributed by atoms with Gasteiger partial charge in [-0.15, -0.1) is 0 Å². The van der Waals surface area contributed by atoms with Crippen molar-refractivity contribution in [2.75, 3.05) is 60.8 Å². The smallest absolute Gasteiger partial charge is 0.323 e. The van der Waals surface area contributed by atoms with Gasteiger partial charge in [0.2, 0.25) is 0 Å². The minimum absolute atomic E-state index is 0.157. The number of urea groups is 1. The van der Waals surface area contributed by atoms with Crippen molar-refractivity contribution in [2.45, 2.75) is 45.4 Å². The fraction of sp³-hybridized carbons (Fsp3) is 0.326. The number of amides is 3. The number of fused-ring (bicyclic) bond motifs is 1. The Hall–Kier alpha value is -5.66. The summed E-state index contributed by atoms with van der Waals surface area (Å²) in [7, 11) is 3.14. The van der Waals surface area contributed by atoms with Crippen molar-refractivity contribution in [3.63, 3.8) is 0 Å². The molecule has 0 unspecified atom stereocenters. The number of ether oxygens (including phenoxy) is 3. The van der Waals surface area contributed by atoms with Gasteiger partial charge in [-0.25, -0.2) is 9.78 Å². The average molecular weight is 778 g/mol. The monoisotopic (exact) mass is 777 g/mol. The van der Waals surface area contributed by atoms with Crippen molar-refractivity contribution in [1.82, 2.24) is 15.6 Å². The molecule has 294 valence electrons. The highest BCUT2D eigenvalue weighted by Crippen LogP contribution is 2.40. The molecule has 0 aliphatic carbocycles. The predicted molar refractivity (Wildman–Crippen MR) is 229 cm³/mol. The van der Waals surface area contributed by atoms with E-state index in [-0.39, 0.29) is 11.3 Å². The number of carbonyl (C=O) groups excluding carboxylic acids is 2. The predicted octanol–water partition coefficient (Wildman–Crippen LogP) is 9.54. The molecule has 1 aliphatic heterocycles. The van der Waals surface area contributed by atoms with Gasteiger partial charge in [0.15, 0.2) is 5.75 Å². The van der Waals surface area contributed by atoms with E-state index in [0.717, 1.165) is 54.4 Å². The number of hydrogen-bond donors (Lipinski definition) is 6. The number of carbonyl (C=O) groups is 2. The van der Waals surface area contributed by atoms with Crippen LogP contribution in [0.4, 0.5) is 33.4 Å². The van der Waals surface area contributed by atoms with Crippen LogP contribution in [0.15, 0.2) is 85.1 Å². The Morgan fingerprint density at radius 1 is 0.857 bits per heavy atom. The van der Waals surface area contributed by atoms with Gasteiger partial charge in [0.25, 0.3) is 5.91 Å². The van der Waals surface area contributed by atoms with Crippen molar-refractivity contribution >= 4 is 63.2 Å². The van der Waals surface area contributed by atoms with Crippen molar-refractivity contribution in [3.8, 4) is 23.0 Å². The van der Waals surface area contributed by atoms with E-state index in [4.69, 9.17) is 14.2 Å². The van der Waals surface area contributed by atoms with E-state index in [2.05, 4.69) is 57.1 Å². The molecule has 4 aromatic carbocycles. The summed E-state index contributed by atoms with van der Waals surface area (Å²) >= 11 is 1.45. The molecule has 0 saturated carbocycles. The zero-order valence-corrected chi connectivity index (χ0v) is 33.6. The molecule has 2 heterocycles. The van der Waals surface area contributed by atoms with Gasteiger partial charge in [0.05, 0.1) is 36.8 Å².